The summed E-state index contributed by atoms with van der Waals surface area (Å²) < 4.78 is 0. The summed E-state index contributed by atoms with van der Waals surface area (Å²) >= 11 is 12.0. The molecule has 0 saturated heterocycles. The lowest BCUT2D eigenvalue weighted by atomic mass is 9.99. The van der Waals surface area contributed by atoms with Crippen molar-refractivity contribution in [3.05, 3.63) is 63.1 Å². The molecule has 0 aliphatic carbocycles. The van der Waals surface area contributed by atoms with Gasteiger partial charge in [-0.05, 0) is 43.2 Å². The first kappa shape index (κ1) is 18.3. The maximum absolute atomic E-state index is 10.6. The third-order valence-electron chi connectivity index (χ3n) is 3.46. The van der Waals surface area contributed by atoms with Crippen LogP contribution in [0.5, 0.6) is 5.75 Å². The van der Waals surface area contributed by atoms with Crippen LogP contribution in [0.15, 0.2) is 41.4 Å². The molecule has 2 rings (SSSR count). The van der Waals surface area contributed by atoms with Gasteiger partial charge in [0.25, 0.3) is 0 Å². The Kier molecular flexibility index (Phi) is 6.23. The Bertz CT molecular complexity index is 771. The van der Waals surface area contributed by atoms with Gasteiger partial charge in [-0.1, -0.05) is 35.3 Å². The number of aromatic hydroxyl groups is 1. The van der Waals surface area contributed by atoms with E-state index in [0.717, 1.165) is 5.56 Å². The van der Waals surface area contributed by atoms with Crippen molar-refractivity contribution in [2.75, 3.05) is 6.54 Å². The zero-order chi connectivity index (χ0) is 17.7. The van der Waals surface area contributed by atoms with E-state index in [4.69, 9.17) is 28.3 Å². The summed E-state index contributed by atoms with van der Waals surface area (Å²) in [5.41, 5.74) is 2.48. The molecular weight excluding hydrogens is 349 g/mol. The number of carboxylic acid groups (broad SMARTS) is 1. The summed E-state index contributed by atoms with van der Waals surface area (Å²) in [5.74, 6) is -0.758. The van der Waals surface area contributed by atoms with Gasteiger partial charge in [0.15, 0.2) is 0 Å². The molecule has 0 saturated carbocycles. The first-order valence-electron chi connectivity index (χ1n) is 7.40. The second kappa shape index (κ2) is 8.18. The van der Waals surface area contributed by atoms with E-state index in [0.29, 0.717) is 39.8 Å². The molecule has 6 heteroatoms. The van der Waals surface area contributed by atoms with E-state index in [1.165, 1.54) is 0 Å². The molecule has 0 amide bonds. The molecule has 0 bridgehead atoms. The molecule has 0 unspecified atom stereocenters. The molecular formula is C18H17Cl2NO3. The maximum Gasteiger partial charge on any atom is 0.303 e. The number of aryl methyl sites for hydroxylation is 1. The fraction of sp³-hybridized carbons (Fsp3) is 0.222. The molecule has 0 spiro atoms. The summed E-state index contributed by atoms with van der Waals surface area (Å²) in [5, 5.41) is 20.2. The maximum atomic E-state index is 10.6. The molecule has 0 aromatic heterocycles. The Morgan fingerprint density at radius 1 is 1.12 bits per heavy atom. The van der Waals surface area contributed by atoms with Crippen molar-refractivity contribution in [3.8, 4) is 5.75 Å². The lowest BCUT2D eigenvalue weighted by molar-refractivity contribution is -0.137. The number of nitrogens with zero attached hydrogens (tertiary/aromatic N) is 1. The highest BCUT2D eigenvalue weighted by atomic mass is 35.5. The highest BCUT2D eigenvalue weighted by Gasteiger charge is 2.14. The number of rotatable bonds is 6. The summed E-state index contributed by atoms with van der Waals surface area (Å²) in [6, 6.07) is 10.4. The number of phenols is 1. The minimum Gasteiger partial charge on any atom is -0.507 e. The molecule has 0 aliphatic rings. The third kappa shape index (κ3) is 4.73. The van der Waals surface area contributed by atoms with Gasteiger partial charge in [0.1, 0.15) is 5.75 Å². The molecule has 2 aromatic carbocycles. The second-order valence-corrected chi connectivity index (χ2v) is 6.23. The fourth-order valence-electron chi connectivity index (χ4n) is 2.28. The molecule has 0 heterocycles. The molecule has 2 aromatic rings. The average molecular weight is 366 g/mol. The standard InChI is InChI=1S/C18H17Cl2NO3/c1-11-9-14(20)10-15(18(11)24)17(21-8-2-3-16(22)23)12-4-6-13(19)7-5-12/h4-7,9-10,24H,2-3,8H2,1H3,(H,22,23). The number of hydrogen-bond donors (Lipinski definition) is 2. The van der Waals surface area contributed by atoms with Gasteiger partial charge in [-0.3, -0.25) is 9.79 Å². The number of hydrogen-bond acceptors (Lipinski definition) is 3. The largest absolute Gasteiger partial charge is 0.507 e. The molecule has 0 fully saturated rings. The van der Waals surface area contributed by atoms with Crippen LogP contribution in [0.2, 0.25) is 10.0 Å². The highest BCUT2D eigenvalue weighted by Crippen LogP contribution is 2.29. The van der Waals surface area contributed by atoms with Crippen LogP contribution in [-0.4, -0.2) is 28.4 Å². The number of carboxylic acids is 1. The van der Waals surface area contributed by atoms with Crippen molar-refractivity contribution in [1.82, 2.24) is 0 Å². The lowest BCUT2D eigenvalue weighted by Crippen LogP contribution is -2.06. The van der Waals surface area contributed by atoms with E-state index in [1.54, 1.807) is 43.3 Å². The van der Waals surface area contributed by atoms with Crippen LogP contribution in [-0.2, 0) is 4.79 Å². The number of aliphatic imine (C=N–C) groups is 1. The average Bonchev–Trinajstić information content (AvgIpc) is 2.52. The Labute approximate surface area is 150 Å². The van der Waals surface area contributed by atoms with E-state index in [9.17, 15) is 9.90 Å². The second-order valence-electron chi connectivity index (χ2n) is 5.35. The van der Waals surface area contributed by atoms with E-state index >= 15 is 0 Å². The lowest BCUT2D eigenvalue weighted by Gasteiger charge is -2.12. The van der Waals surface area contributed by atoms with Gasteiger partial charge < -0.3 is 10.2 Å². The molecule has 24 heavy (non-hydrogen) atoms. The zero-order valence-corrected chi connectivity index (χ0v) is 14.6. The van der Waals surface area contributed by atoms with Gasteiger partial charge in [-0.25, -0.2) is 0 Å². The molecule has 4 nitrogen and oxygen atoms in total. The van der Waals surface area contributed by atoms with Gasteiger partial charge >= 0.3 is 5.97 Å². The van der Waals surface area contributed by atoms with Crippen molar-refractivity contribution in [2.24, 2.45) is 4.99 Å². The van der Waals surface area contributed by atoms with E-state index in [1.807, 2.05) is 0 Å². The van der Waals surface area contributed by atoms with E-state index < -0.39 is 5.97 Å². The third-order valence-corrected chi connectivity index (χ3v) is 3.93. The summed E-state index contributed by atoms with van der Waals surface area (Å²) in [4.78, 5) is 15.1. The van der Waals surface area contributed by atoms with Gasteiger partial charge in [0, 0.05) is 34.1 Å². The minimum atomic E-state index is -0.861. The van der Waals surface area contributed by atoms with E-state index in [-0.39, 0.29) is 12.2 Å². The van der Waals surface area contributed by atoms with Gasteiger partial charge in [-0.2, -0.15) is 0 Å². The monoisotopic (exact) mass is 365 g/mol. The van der Waals surface area contributed by atoms with Crippen LogP contribution in [0.4, 0.5) is 0 Å². The quantitative estimate of drug-likeness (QED) is 0.575. The molecule has 0 radical (unpaired) electrons. The summed E-state index contributed by atoms with van der Waals surface area (Å²) in [7, 11) is 0. The Morgan fingerprint density at radius 3 is 2.42 bits per heavy atom. The van der Waals surface area contributed by atoms with Crippen LogP contribution in [0.1, 0.15) is 29.5 Å². The predicted molar refractivity (Wildman–Crippen MR) is 96.7 cm³/mol. The normalized spacial score (nSPS) is 11.5. The highest BCUT2D eigenvalue weighted by molar-refractivity contribution is 6.32. The number of benzene rings is 2. The van der Waals surface area contributed by atoms with Crippen molar-refractivity contribution < 1.29 is 15.0 Å². The van der Waals surface area contributed by atoms with Crippen LogP contribution in [0, 0.1) is 6.92 Å². The van der Waals surface area contributed by atoms with Crippen LogP contribution >= 0.6 is 23.2 Å². The van der Waals surface area contributed by atoms with Crippen molar-refractivity contribution >= 4 is 34.9 Å². The van der Waals surface area contributed by atoms with Crippen molar-refractivity contribution in [2.45, 2.75) is 19.8 Å². The molecule has 0 aliphatic heterocycles. The van der Waals surface area contributed by atoms with Gasteiger partial charge in [-0.15, -0.1) is 0 Å². The van der Waals surface area contributed by atoms with Gasteiger partial charge in [0.05, 0.1) is 5.71 Å². The summed E-state index contributed by atoms with van der Waals surface area (Å²) in [6.07, 6.45) is 0.449. The Balaban J connectivity index is 2.45. The van der Waals surface area contributed by atoms with Crippen molar-refractivity contribution in [3.63, 3.8) is 0 Å². The first-order valence-corrected chi connectivity index (χ1v) is 8.15. The first-order chi connectivity index (χ1) is 11.4. The van der Waals surface area contributed by atoms with Crippen molar-refractivity contribution in [1.29, 1.82) is 0 Å². The molecule has 126 valence electrons. The van der Waals surface area contributed by atoms with Gasteiger partial charge in [0.2, 0.25) is 0 Å². The summed E-state index contributed by atoms with van der Waals surface area (Å²) in [6.45, 7) is 2.09. The smallest absolute Gasteiger partial charge is 0.303 e. The fourth-order valence-corrected chi connectivity index (χ4v) is 2.68. The Morgan fingerprint density at radius 2 is 1.79 bits per heavy atom. The minimum absolute atomic E-state index is 0.0396. The van der Waals surface area contributed by atoms with Crippen LogP contribution in [0.3, 0.4) is 0 Å². The SMILES string of the molecule is Cc1cc(Cl)cc(C(=NCCCC(=O)O)c2ccc(Cl)cc2)c1O. The zero-order valence-electron chi connectivity index (χ0n) is 13.1. The molecule has 2 N–H and O–H groups in total. The number of phenolic OH excluding ortho intramolecular Hbond substituents is 1. The number of halogens is 2. The Hall–Kier alpha value is -2.04. The molecule has 0 atom stereocenters. The topological polar surface area (TPSA) is 69.9 Å². The predicted octanol–water partition coefficient (Wildman–Crippen LogP) is 4.71. The van der Waals surface area contributed by atoms with Crippen LogP contribution < -0.4 is 0 Å². The number of carbonyl (C=O) groups is 1. The van der Waals surface area contributed by atoms with E-state index in [2.05, 4.69) is 4.99 Å². The van der Waals surface area contributed by atoms with Crippen LogP contribution in [0.25, 0.3) is 0 Å². The number of aliphatic carboxylic acids is 1.